The van der Waals surface area contributed by atoms with Crippen molar-refractivity contribution >= 4 is 46.1 Å². The first-order valence-electron chi connectivity index (χ1n) is 13.4. The standard InChI is InChI=1S/C33H31N5O4/c1-37(2)18-19-38(32(40)24-10-7-17-34-21-24)26-14-12-25(13-15-26)35-30(22-8-5-4-6-9-22)29-27-16-11-23(33(41)42-3)20-28(27)36-31(29)39/h4-17,20-21,35H,18-19H2,1-3H3,(H,36,39). The molecule has 212 valence electrons. The molecule has 4 aromatic rings. The summed E-state index contributed by atoms with van der Waals surface area (Å²) in [5.74, 6) is -0.900. The zero-order valence-electron chi connectivity index (χ0n) is 23.6. The number of carbonyl (C=O) groups is 3. The molecule has 0 spiro atoms. The number of likely N-dealkylation sites (N-methyl/N-ethyl adjacent to an activating group) is 1. The average molecular weight is 562 g/mol. The number of anilines is 3. The van der Waals surface area contributed by atoms with E-state index in [-0.39, 0.29) is 11.8 Å². The second kappa shape index (κ2) is 12.5. The van der Waals surface area contributed by atoms with Crippen LogP contribution >= 0.6 is 0 Å². The highest BCUT2D eigenvalue weighted by atomic mass is 16.5. The molecule has 1 aliphatic rings. The lowest BCUT2D eigenvalue weighted by Gasteiger charge is -2.25. The number of hydrogen-bond donors (Lipinski definition) is 2. The second-order valence-electron chi connectivity index (χ2n) is 10.00. The van der Waals surface area contributed by atoms with Gasteiger partial charge in [0.1, 0.15) is 0 Å². The molecule has 0 fully saturated rings. The number of methoxy groups -OCH3 is 1. The summed E-state index contributed by atoms with van der Waals surface area (Å²) in [4.78, 5) is 46.6. The van der Waals surface area contributed by atoms with Crippen LogP contribution in [0.25, 0.3) is 11.3 Å². The maximum absolute atomic E-state index is 13.4. The molecule has 0 saturated heterocycles. The minimum Gasteiger partial charge on any atom is -0.465 e. The van der Waals surface area contributed by atoms with Gasteiger partial charge < -0.3 is 25.2 Å². The van der Waals surface area contributed by atoms with Crippen molar-refractivity contribution in [3.05, 3.63) is 120 Å². The van der Waals surface area contributed by atoms with Crippen LogP contribution in [0.3, 0.4) is 0 Å². The Morgan fingerprint density at radius 1 is 0.881 bits per heavy atom. The molecule has 0 radical (unpaired) electrons. The van der Waals surface area contributed by atoms with Crippen LogP contribution in [-0.2, 0) is 9.53 Å². The van der Waals surface area contributed by atoms with Gasteiger partial charge in [0.2, 0.25) is 0 Å². The number of rotatable bonds is 9. The summed E-state index contributed by atoms with van der Waals surface area (Å²) in [7, 11) is 5.25. The minimum absolute atomic E-state index is 0.136. The van der Waals surface area contributed by atoms with Crippen molar-refractivity contribution in [1.29, 1.82) is 0 Å². The number of nitrogens with one attached hydrogen (secondary N) is 2. The molecule has 3 aromatic carbocycles. The molecule has 1 aromatic heterocycles. The summed E-state index contributed by atoms with van der Waals surface area (Å²) in [5.41, 5.74) is 5.43. The Hall–Kier alpha value is -5.28. The van der Waals surface area contributed by atoms with Gasteiger partial charge in [0.25, 0.3) is 11.8 Å². The molecule has 5 rings (SSSR count). The zero-order valence-corrected chi connectivity index (χ0v) is 23.6. The highest BCUT2D eigenvalue weighted by Gasteiger charge is 2.29. The summed E-state index contributed by atoms with van der Waals surface area (Å²) >= 11 is 0. The molecular weight excluding hydrogens is 530 g/mol. The number of pyridine rings is 1. The van der Waals surface area contributed by atoms with Crippen LogP contribution in [0.4, 0.5) is 17.1 Å². The normalized spacial score (nSPS) is 13.3. The fourth-order valence-electron chi connectivity index (χ4n) is 4.71. The molecule has 2 N–H and O–H groups in total. The maximum Gasteiger partial charge on any atom is 0.337 e. The van der Waals surface area contributed by atoms with E-state index in [1.165, 1.54) is 7.11 Å². The van der Waals surface area contributed by atoms with Crippen LogP contribution in [0.5, 0.6) is 0 Å². The number of benzene rings is 3. The number of fused-ring (bicyclic) bond motifs is 1. The van der Waals surface area contributed by atoms with Gasteiger partial charge in [-0.1, -0.05) is 36.4 Å². The fraction of sp³-hybridized carbons (Fsp3) is 0.152. The second-order valence-corrected chi connectivity index (χ2v) is 10.00. The number of carbonyl (C=O) groups excluding carboxylic acids is 3. The van der Waals surface area contributed by atoms with Gasteiger partial charge in [-0.3, -0.25) is 14.6 Å². The average Bonchev–Trinajstić information content (AvgIpc) is 3.35. The summed E-state index contributed by atoms with van der Waals surface area (Å²) < 4.78 is 4.83. The molecule has 0 unspecified atom stereocenters. The molecule has 2 amide bonds. The Labute approximate surface area is 244 Å². The number of nitrogens with zero attached hydrogens (tertiary/aromatic N) is 3. The van der Waals surface area contributed by atoms with Crippen molar-refractivity contribution in [3.63, 3.8) is 0 Å². The summed E-state index contributed by atoms with van der Waals surface area (Å²) in [6.45, 7) is 1.18. The number of amides is 2. The van der Waals surface area contributed by atoms with Crippen LogP contribution in [-0.4, -0.2) is 62.0 Å². The van der Waals surface area contributed by atoms with E-state index in [4.69, 9.17) is 4.74 Å². The predicted molar refractivity (Wildman–Crippen MR) is 164 cm³/mol. The third-order valence-corrected chi connectivity index (χ3v) is 6.87. The first-order valence-corrected chi connectivity index (χ1v) is 13.4. The molecule has 42 heavy (non-hydrogen) atoms. The Morgan fingerprint density at radius 3 is 2.29 bits per heavy atom. The van der Waals surface area contributed by atoms with Crippen molar-refractivity contribution in [3.8, 4) is 0 Å². The van der Waals surface area contributed by atoms with Crippen molar-refractivity contribution in [2.45, 2.75) is 0 Å². The van der Waals surface area contributed by atoms with Crippen LogP contribution in [0, 0.1) is 0 Å². The van der Waals surface area contributed by atoms with Crippen LogP contribution < -0.4 is 15.5 Å². The Kier molecular flexibility index (Phi) is 8.40. The first-order chi connectivity index (χ1) is 20.4. The van der Waals surface area contributed by atoms with Gasteiger partial charge in [-0.15, -0.1) is 0 Å². The molecule has 1 aliphatic heterocycles. The van der Waals surface area contributed by atoms with Crippen molar-refractivity contribution in [2.75, 3.05) is 49.8 Å². The van der Waals surface area contributed by atoms with Crippen molar-refractivity contribution < 1.29 is 19.1 Å². The summed E-state index contributed by atoms with van der Waals surface area (Å²) in [6, 6.07) is 25.6. The topological polar surface area (TPSA) is 104 Å². The smallest absolute Gasteiger partial charge is 0.337 e. The Morgan fingerprint density at radius 2 is 1.62 bits per heavy atom. The Bertz CT molecular complexity index is 1630. The van der Waals surface area contributed by atoms with E-state index in [2.05, 4.69) is 15.6 Å². The van der Waals surface area contributed by atoms with Gasteiger partial charge in [0.05, 0.1) is 35.2 Å². The number of esters is 1. The van der Waals surface area contributed by atoms with Gasteiger partial charge in [-0.2, -0.15) is 0 Å². The van der Waals surface area contributed by atoms with E-state index < -0.39 is 5.97 Å². The zero-order chi connectivity index (χ0) is 29.6. The number of aromatic nitrogens is 1. The van der Waals surface area contributed by atoms with Gasteiger partial charge in [-0.25, -0.2) is 4.79 Å². The molecule has 9 nitrogen and oxygen atoms in total. The molecule has 2 heterocycles. The summed E-state index contributed by atoms with van der Waals surface area (Å²) in [5, 5.41) is 6.32. The Balaban J connectivity index is 1.50. The van der Waals surface area contributed by atoms with Crippen LogP contribution in [0.2, 0.25) is 0 Å². The molecule has 9 heteroatoms. The maximum atomic E-state index is 13.4. The van der Waals surface area contributed by atoms with E-state index in [0.29, 0.717) is 46.7 Å². The fourth-order valence-corrected chi connectivity index (χ4v) is 4.71. The van der Waals surface area contributed by atoms with Gasteiger partial charge in [-0.05, 0) is 68.2 Å². The molecule has 0 saturated carbocycles. The third-order valence-electron chi connectivity index (χ3n) is 6.87. The third kappa shape index (κ3) is 6.06. The molecule has 0 aliphatic carbocycles. The summed E-state index contributed by atoms with van der Waals surface area (Å²) in [6.07, 6.45) is 3.21. The van der Waals surface area contributed by atoms with Gasteiger partial charge >= 0.3 is 5.97 Å². The monoisotopic (exact) mass is 561 g/mol. The molecule has 0 bridgehead atoms. The highest BCUT2D eigenvalue weighted by Crippen LogP contribution is 2.38. The van der Waals surface area contributed by atoms with Crippen LogP contribution in [0.15, 0.2) is 97.3 Å². The van der Waals surface area contributed by atoms with Gasteiger partial charge in [0, 0.05) is 42.4 Å². The van der Waals surface area contributed by atoms with E-state index in [9.17, 15) is 14.4 Å². The predicted octanol–water partition coefficient (Wildman–Crippen LogP) is 5.01. The minimum atomic E-state index is -0.479. The number of hydrogen-bond acceptors (Lipinski definition) is 7. The lowest BCUT2D eigenvalue weighted by molar-refractivity contribution is -0.110. The van der Waals surface area contributed by atoms with E-state index in [1.54, 1.807) is 47.6 Å². The van der Waals surface area contributed by atoms with E-state index in [0.717, 1.165) is 16.9 Å². The van der Waals surface area contributed by atoms with E-state index in [1.807, 2.05) is 73.6 Å². The number of ether oxygens (including phenoxy) is 1. The van der Waals surface area contributed by atoms with E-state index >= 15 is 0 Å². The van der Waals surface area contributed by atoms with Crippen LogP contribution in [0.1, 0.15) is 31.8 Å². The molecular formula is C33H31N5O4. The van der Waals surface area contributed by atoms with Crippen molar-refractivity contribution in [1.82, 2.24) is 9.88 Å². The first kappa shape index (κ1) is 28.3. The lowest BCUT2D eigenvalue weighted by atomic mass is 9.99. The SMILES string of the molecule is COC(=O)c1ccc2c(c1)NC(=O)C2=C(Nc1ccc(N(CCN(C)C)C(=O)c2cccnc2)cc1)c1ccccc1. The lowest BCUT2D eigenvalue weighted by Crippen LogP contribution is -2.36. The highest BCUT2D eigenvalue weighted by molar-refractivity contribution is 6.37. The van der Waals surface area contributed by atoms with Crippen molar-refractivity contribution in [2.24, 2.45) is 0 Å². The molecule has 0 atom stereocenters. The largest absolute Gasteiger partial charge is 0.465 e. The van der Waals surface area contributed by atoms with Gasteiger partial charge in [0.15, 0.2) is 0 Å². The quantitative estimate of drug-likeness (QED) is 0.219.